The first-order valence-electron chi connectivity index (χ1n) is 6.33. The van der Waals surface area contributed by atoms with E-state index in [9.17, 15) is 0 Å². The molecule has 2 rings (SSSR count). The Kier molecular flexibility index (Phi) is 4.88. The van der Waals surface area contributed by atoms with Crippen LogP contribution in [0.15, 0.2) is 41.0 Å². The van der Waals surface area contributed by atoms with Gasteiger partial charge in [-0.15, -0.1) is 0 Å². The summed E-state index contributed by atoms with van der Waals surface area (Å²) >= 11 is 6.00. The van der Waals surface area contributed by atoms with Crippen LogP contribution in [0, 0.1) is 0 Å². The lowest BCUT2D eigenvalue weighted by molar-refractivity contribution is 0.393. The van der Waals surface area contributed by atoms with E-state index in [1.807, 2.05) is 30.3 Å². The lowest BCUT2D eigenvalue weighted by Crippen LogP contribution is -2.23. The molecule has 0 saturated carbocycles. The maximum absolute atomic E-state index is 6.00. The van der Waals surface area contributed by atoms with Crippen LogP contribution in [0.5, 0.6) is 5.75 Å². The van der Waals surface area contributed by atoms with Gasteiger partial charge >= 0.3 is 0 Å². The van der Waals surface area contributed by atoms with E-state index in [1.54, 1.807) is 13.4 Å². The molecule has 1 aromatic carbocycles. The van der Waals surface area contributed by atoms with Crippen molar-refractivity contribution in [3.05, 3.63) is 52.9 Å². The van der Waals surface area contributed by atoms with E-state index in [0.717, 1.165) is 30.0 Å². The average Bonchev–Trinajstić information content (AvgIpc) is 2.91. The zero-order valence-corrected chi connectivity index (χ0v) is 11.9. The van der Waals surface area contributed by atoms with Crippen molar-refractivity contribution in [2.75, 3.05) is 13.7 Å². The summed E-state index contributed by atoms with van der Waals surface area (Å²) in [4.78, 5) is 0. The Bertz CT molecular complexity index is 511. The van der Waals surface area contributed by atoms with Gasteiger partial charge in [0.25, 0.3) is 0 Å². The molecule has 102 valence electrons. The van der Waals surface area contributed by atoms with Crippen LogP contribution in [0.4, 0.5) is 0 Å². The van der Waals surface area contributed by atoms with Crippen molar-refractivity contribution >= 4 is 11.6 Å². The van der Waals surface area contributed by atoms with Crippen LogP contribution < -0.4 is 10.1 Å². The van der Waals surface area contributed by atoms with Crippen LogP contribution in [0.2, 0.25) is 5.02 Å². The maximum Gasteiger partial charge on any atom is 0.125 e. The van der Waals surface area contributed by atoms with Crippen LogP contribution >= 0.6 is 11.6 Å². The van der Waals surface area contributed by atoms with Gasteiger partial charge < -0.3 is 14.5 Å². The summed E-state index contributed by atoms with van der Waals surface area (Å²) in [7, 11) is 1.66. The van der Waals surface area contributed by atoms with Gasteiger partial charge in [0.15, 0.2) is 0 Å². The summed E-state index contributed by atoms with van der Waals surface area (Å²) in [6.07, 6.45) is 2.47. The van der Waals surface area contributed by atoms with E-state index in [-0.39, 0.29) is 6.04 Å². The van der Waals surface area contributed by atoms with Crippen molar-refractivity contribution in [3.8, 4) is 5.75 Å². The predicted octanol–water partition coefficient (Wildman–Crippen LogP) is 3.83. The number of benzene rings is 1. The minimum Gasteiger partial charge on any atom is -0.496 e. The smallest absolute Gasteiger partial charge is 0.125 e. The second-order valence-electron chi connectivity index (χ2n) is 4.28. The van der Waals surface area contributed by atoms with Crippen molar-refractivity contribution in [3.63, 3.8) is 0 Å². The van der Waals surface area contributed by atoms with Gasteiger partial charge in [-0.3, -0.25) is 0 Å². The lowest BCUT2D eigenvalue weighted by Gasteiger charge is -2.20. The molecule has 19 heavy (non-hydrogen) atoms. The highest BCUT2D eigenvalue weighted by atomic mass is 35.5. The molecule has 0 fully saturated rings. The standard InChI is InChI=1S/C15H18ClNO2/c1-3-17-14(10-12-5-4-8-19-12)13-7-6-11(16)9-15(13)18-2/h4-9,14,17H,3,10H2,1-2H3. The first-order chi connectivity index (χ1) is 9.24. The molecule has 1 aromatic heterocycles. The van der Waals surface area contributed by atoms with Crippen molar-refractivity contribution in [1.82, 2.24) is 5.32 Å². The Balaban J connectivity index is 2.27. The number of likely N-dealkylation sites (N-methyl/N-ethyl adjacent to an activating group) is 1. The van der Waals surface area contributed by atoms with Gasteiger partial charge in [-0.25, -0.2) is 0 Å². The molecule has 1 atom stereocenters. The summed E-state index contributed by atoms with van der Waals surface area (Å²) in [6, 6.07) is 9.74. The third-order valence-corrected chi connectivity index (χ3v) is 3.24. The highest BCUT2D eigenvalue weighted by molar-refractivity contribution is 6.30. The molecule has 0 aliphatic heterocycles. The Morgan fingerprint density at radius 1 is 1.37 bits per heavy atom. The largest absolute Gasteiger partial charge is 0.496 e. The lowest BCUT2D eigenvalue weighted by atomic mass is 10.0. The van der Waals surface area contributed by atoms with E-state index in [0.29, 0.717) is 5.02 Å². The highest BCUT2D eigenvalue weighted by Gasteiger charge is 2.17. The summed E-state index contributed by atoms with van der Waals surface area (Å²) in [6.45, 7) is 2.95. The monoisotopic (exact) mass is 279 g/mol. The topological polar surface area (TPSA) is 34.4 Å². The average molecular weight is 280 g/mol. The van der Waals surface area contributed by atoms with Crippen LogP contribution in [0.1, 0.15) is 24.3 Å². The van der Waals surface area contributed by atoms with E-state index in [4.69, 9.17) is 20.8 Å². The van der Waals surface area contributed by atoms with E-state index >= 15 is 0 Å². The number of furan rings is 1. The first-order valence-corrected chi connectivity index (χ1v) is 6.71. The number of rotatable bonds is 6. The van der Waals surface area contributed by atoms with Crippen molar-refractivity contribution < 1.29 is 9.15 Å². The number of ether oxygens (including phenoxy) is 1. The van der Waals surface area contributed by atoms with Crippen LogP contribution in [-0.2, 0) is 6.42 Å². The Morgan fingerprint density at radius 3 is 2.84 bits per heavy atom. The molecule has 0 saturated heterocycles. The van der Waals surface area contributed by atoms with Gasteiger partial charge in [0, 0.05) is 23.0 Å². The van der Waals surface area contributed by atoms with Crippen molar-refractivity contribution in [1.29, 1.82) is 0 Å². The molecular weight excluding hydrogens is 262 g/mol. The molecular formula is C15H18ClNO2. The van der Waals surface area contributed by atoms with E-state index < -0.39 is 0 Å². The number of hydrogen-bond acceptors (Lipinski definition) is 3. The number of halogens is 1. The molecule has 0 aliphatic rings. The fourth-order valence-corrected chi connectivity index (χ4v) is 2.30. The second kappa shape index (κ2) is 6.64. The fourth-order valence-electron chi connectivity index (χ4n) is 2.14. The predicted molar refractivity (Wildman–Crippen MR) is 76.8 cm³/mol. The molecule has 0 radical (unpaired) electrons. The molecule has 3 nitrogen and oxygen atoms in total. The van der Waals surface area contributed by atoms with Gasteiger partial charge in [-0.1, -0.05) is 24.6 Å². The summed E-state index contributed by atoms with van der Waals surface area (Å²) in [5.74, 6) is 1.74. The minimum atomic E-state index is 0.142. The van der Waals surface area contributed by atoms with E-state index in [1.165, 1.54) is 0 Å². The zero-order valence-electron chi connectivity index (χ0n) is 11.2. The number of methoxy groups -OCH3 is 1. The molecule has 2 aromatic rings. The maximum atomic E-state index is 6.00. The normalized spacial score (nSPS) is 12.4. The van der Waals surface area contributed by atoms with Crippen molar-refractivity contribution in [2.45, 2.75) is 19.4 Å². The number of hydrogen-bond donors (Lipinski definition) is 1. The van der Waals surface area contributed by atoms with E-state index in [2.05, 4.69) is 12.2 Å². The van der Waals surface area contributed by atoms with Gasteiger partial charge in [-0.2, -0.15) is 0 Å². The molecule has 0 bridgehead atoms. The highest BCUT2D eigenvalue weighted by Crippen LogP contribution is 2.30. The Morgan fingerprint density at radius 2 is 2.21 bits per heavy atom. The molecule has 1 N–H and O–H groups in total. The van der Waals surface area contributed by atoms with Gasteiger partial charge in [0.2, 0.25) is 0 Å². The molecule has 4 heteroatoms. The molecule has 0 amide bonds. The fraction of sp³-hybridized carbons (Fsp3) is 0.333. The van der Waals surface area contributed by atoms with Gasteiger partial charge in [0.1, 0.15) is 11.5 Å². The third-order valence-electron chi connectivity index (χ3n) is 3.01. The third kappa shape index (κ3) is 3.52. The summed E-state index contributed by atoms with van der Waals surface area (Å²) < 4.78 is 10.8. The quantitative estimate of drug-likeness (QED) is 0.872. The summed E-state index contributed by atoms with van der Waals surface area (Å²) in [5, 5.41) is 4.12. The summed E-state index contributed by atoms with van der Waals surface area (Å²) in [5.41, 5.74) is 1.09. The molecule has 1 heterocycles. The Labute approximate surface area is 118 Å². The molecule has 0 spiro atoms. The molecule has 0 aliphatic carbocycles. The van der Waals surface area contributed by atoms with Crippen LogP contribution in [0.3, 0.4) is 0 Å². The SMILES string of the molecule is CCNC(Cc1ccco1)c1ccc(Cl)cc1OC. The van der Waals surface area contributed by atoms with Gasteiger partial charge in [-0.05, 0) is 30.8 Å². The molecule has 1 unspecified atom stereocenters. The first kappa shape index (κ1) is 14.0. The van der Waals surface area contributed by atoms with Crippen LogP contribution in [0.25, 0.3) is 0 Å². The van der Waals surface area contributed by atoms with Crippen LogP contribution in [-0.4, -0.2) is 13.7 Å². The second-order valence-corrected chi connectivity index (χ2v) is 4.72. The van der Waals surface area contributed by atoms with Gasteiger partial charge in [0.05, 0.1) is 13.4 Å². The Hall–Kier alpha value is -1.45. The number of nitrogens with one attached hydrogen (secondary N) is 1. The minimum absolute atomic E-state index is 0.142. The van der Waals surface area contributed by atoms with Crippen molar-refractivity contribution in [2.24, 2.45) is 0 Å². The zero-order chi connectivity index (χ0) is 13.7.